The van der Waals surface area contributed by atoms with E-state index in [1.807, 2.05) is 56.3 Å². The molecule has 1 saturated heterocycles. The Morgan fingerprint density at radius 2 is 1.52 bits per heavy atom. The highest BCUT2D eigenvalue weighted by Crippen LogP contribution is 2.31. The van der Waals surface area contributed by atoms with Crippen molar-refractivity contribution >= 4 is 35.0 Å². The highest BCUT2D eigenvalue weighted by atomic mass is 16.6. The van der Waals surface area contributed by atoms with E-state index < -0.39 is 6.09 Å². The number of hydrogen-bond donors (Lipinski definition) is 2. The van der Waals surface area contributed by atoms with Crippen molar-refractivity contribution in [1.29, 1.82) is 0 Å². The van der Waals surface area contributed by atoms with Crippen molar-refractivity contribution in [2.75, 3.05) is 48.7 Å². The molecule has 1 aliphatic heterocycles. The van der Waals surface area contributed by atoms with Crippen LogP contribution in [-0.2, 0) is 16.1 Å². The summed E-state index contributed by atoms with van der Waals surface area (Å²) in [6.07, 6.45) is 2.75. The van der Waals surface area contributed by atoms with E-state index in [4.69, 9.17) is 20.2 Å². The molecule has 6 rings (SSSR count). The lowest BCUT2D eigenvalue weighted by molar-refractivity contribution is 0.0942. The zero-order valence-electron chi connectivity index (χ0n) is 25.9. The molecule has 3 heterocycles. The lowest BCUT2D eigenvalue weighted by Gasteiger charge is -2.35. The Balaban J connectivity index is 1.08. The molecule has 1 aliphatic rings. The van der Waals surface area contributed by atoms with Crippen molar-refractivity contribution in [3.63, 3.8) is 0 Å². The molecule has 2 aromatic heterocycles. The van der Waals surface area contributed by atoms with Gasteiger partial charge in [-0.25, -0.2) is 14.6 Å². The number of nitrogens with one attached hydrogen (secondary N) is 1. The number of ether oxygens (including phenoxy) is 2. The van der Waals surface area contributed by atoms with Gasteiger partial charge in [0.2, 0.25) is 0 Å². The molecule has 11 nitrogen and oxygen atoms in total. The van der Waals surface area contributed by atoms with Crippen molar-refractivity contribution in [1.82, 2.24) is 19.5 Å². The Morgan fingerprint density at radius 1 is 0.848 bits per heavy atom. The van der Waals surface area contributed by atoms with Crippen LogP contribution >= 0.6 is 0 Å². The summed E-state index contributed by atoms with van der Waals surface area (Å²) in [5.74, 6) is 0.725. The van der Waals surface area contributed by atoms with Crippen molar-refractivity contribution < 1.29 is 19.1 Å². The van der Waals surface area contributed by atoms with Gasteiger partial charge in [0.1, 0.15) is 12.4 Å². The van der Waals surface area contributed by atoms with E-state index in [1.54, 1.807) is 33.9 Å². The number of rotatable bonds is 8. The Morgan fingerprint density at radius 3 is 2.22 bits per heavy atom. The highest BCUT2D eigenvalue weighted by Gasteiger charge is 2.23. The van der Waals surface area contributed by atoms with Gasteiger partial charge in [-0.05, 0) is 46.9 Å². The monoisotopic (exact) mass is 619 g/mol. The number of carbonyl (C=O) groups excluding carboxylic acids is 2. The van der Waals surface area contributed by atoms with E-state index in [0.717, 1.165) is 46.6 Å². The average Bonchev–Trinajstić information content (AvgIpc) is 3.53. The zero-order valence-corrected chi connectivity index (χ0v) is 25.9. The number of nitrogens with two attached hydrogens (primary N) is 1. The van der Waals surface area contributed by atoms with Crippen LogP contribution in [0.25, 0.3) is 27.9 Å². The van der Waals surface area contributed by atoms with Crippen LogP contribution in [-0.4, -0.2) is 64.5 Å². The molecule has 46 heavy (non-hydrogen) atoms. The fourth-order valence-electron chi connectivity index (χ4n) is 5.31. The van der Waals surface area contributed by atoms with E-state index in [-0.39, 0.29) is 18.6 Å². The van der Waals surface area contributed by atoms with Crippen LogP contribution in [0.4, 0.5) is 26.8 Å². The molecule has 0 spiro atoms. The van der Waals surface area contributed by atoms with Gasteiger partial charge in [-0.15, -0.1) is 0 Å². The third-order valence-electron chi connectivity index (χ3n) is 7.84. The molecular formula is C35H37N7O4. The normalized spacial score (nSPS) is 13.2. The summed E-state index contributed by atoms with van der Waals surface area (Å²) < 4.78 is 12.3. The fourth-order valence-corrected chi connectivity index (χ4v) is 5.31. The molecule has 236 valence electrons. The first-order chi connectivity index (χ1) is 22.4. The first kappa shape index (κ1) is 30.4. The molecule has 3 N–H and O–H groups in total. The second-order valence-electron chi connectivity index (χ2n) is 11.6. The van der Waals surface area contributed by atoms with Gasteiger partial charge in [0.25, 0.3) is 0 Å². The molecule has 2 amide bonds. The number of nitrogens with zero attached hydrogens (tertiary/aromatic N) is 5. The standard InChI is InChI=1S/C35H37N7O4/c1-24(2)22-45-34(43)39-28-12-8-26(9-13-28)30-20-37-33-31(21-38-42(33)32(30)36)27-10-14-29(15-11-27)40-16-18-41(19-17-40)35(44)46-23-25-6-4-3-5-7-25/h3-15,20-21,24H,16-19,22-23,36H2,1-2H3,(H,39,43). The van der Waals surface area contributed by atoms with Gasteiger partial charge >= 0.3 is 12.2 Å². The van der Waals surface area contributed by atoms with Crippen molar-refractivity contribution in [3.8, 4) is 22.3 Å². The Bertz CT molecular complexity index is 1800. The minimum Gasteiger partial charge on any atom is -0.449 e. The second-order valence-corrected chi connectivity index (χ2v) is 11.6. The first-order valence-electron chi connectivity index (χ1n) is 15.3. The minimum absolute atomic E-state index is 0.262. The summed E-state index contributed by atoms with van der Waals surface area (Å²) in [6, 6.07) is 25.3. The average molecular weight is 620 g/mol. The van der Waals surface area contributed by atoms with E-state index >= 15 is 0 Å². The fraction of sp³-hybridized carbons (Fsp3) is 0.257. The Labute approximate surface area is 267 Å². The molecule has 0 atom stereocenters. The number of carbonyl (C=O) groups is 2. The van der Waals surface area contributed by atoms with E-state index in [0.29, 0.717) is 36.8 Å². The van der Waals surface area contributed by atoms with Crippen LogP contribution in [0, 0.1) is 5.92 Å². The van der Waals surface area contributed by atoms with E-state index in [2.05, 4.69) is 39.6 Å². The molecule has 0 aliphatic carbocycles. The summed E-state index contributed by atoms with van der Waals surface area (Å²) in [4.78, 5) is 33.3. The molecule has 5 aromatic rings. The van der Waals surface area contributed by atoms with Crippen LogP contribution in [0.1, 0.15) is 19.4 Å². The van der Waals surface area contributed by atoms with Crippen LogP contribution in [0.2, 0.25) is 0 Å². The number of fused-ring (bicyclic) bond motifs is 1. The molecule has 3 aromatic carbocycles. The maximum absolute atomic E-state index is 12.6. The second kappa shape index (κ2) is 13.6. The molecule has 1 fully saturated rings. The lowest BCUT2D eigenvalue weighted by atomic mass is 10.1. The van der Waals surface area contributed by atoms with Gasteiger partial charge in [0, 0.05) is 54.9 Å². The van der Waals surface area contributed by atoms with Gasteiger partial charge in [-0.1, -0.05) is 68.4 Å². The predicted octanol–water partition coefficient (Wildman–Crippen LogP) is 6.31. The topological polar surface area (TPSA) is 127 Å². The summed E-state index contributed by atoms with van der Waals surface area (Å²) in [7, 11) is 0. The SMILES string of the molecule is CC(C)COC(=O)Nc1ccc(-c2cnc3c(-c4ccc(N5CCN(C(=O)OCc6ccccc6)CC5)cc4)cnn3c2N)cc1. The van der Waals surface area contributed by atoms with Gasteiger partial charge in [-0.2, -0.15) is 9.61 Å². The number of piperazine rings is 1. The third-order valence-corrected chi connectivity index (χ3v) is 7.84. The Hall–Kier alpha value is -5.58. The first-order valence-corrected chi connectivity index (χ1v) is 15.3. The van der Waals surface area contributed by atoms with Gasteiger partial charge < -0.3 is 25.0 Å². The van der Waals surface area contributed by atoms with Crippen LogP contribution < -0.4 is 16.0 Å². The van der Waals surface area contributed by atoms with Crippen molar-refractivity contribution in [2.24, 2.45) is 5.92 Å². The molecule has 0 saturated carbocycles. The van der Waals surface area contributed by atoms with E-state index in [9.17, 15) is 9.59 Å². The number of benzene rings is 3. The largest absolute Gasteiger partial charge is 0.449 e. The van der Waals surface area contributed by atoms with Crippen LogP contribution in [0.3, 0.4) is 0 Å². The Kier molecular flexibility index (Phi) is 9.00. The summed E-state index contributed by atoms with van der Waals surface area (Å²) in [6.45, 7) is 7.22. The summed E-state index contributed by atoms with van der Waals surface area (Å²) >= 11 is 0. The van der Waals surface area contributed by atoms with Gasteiger partial charge in [0.05, 0.1) is 12.8 Å². The number of amides is 2. The van der Waals surface area contributed by atoms with Crippen LogP contribution in [0.15, 0.2) is 91.3 Å². The molecule has 0 unspecified atom stereocenters. The quantitative estimate of drug-likeness (QED) is 0.207. The molecular weight excluding hydrogens is 582 g/mol. The van der Waals surface area contributed by atoms with Gasteiger partial charge in [-0.3, -0.25) is 5.32 Å². The summed E-state index contributed by atoms with van der Waals surface area (Å²) in [5.41, 5.74) is 13.3. The molecule has 0 bridgehead atoms. The van der Waals surface area contributed by atoms with Crippen molar-refractivity contribution in [3.05, 3.63) is 96.8 Å². The number of aromatic nitrogens is 3. The number of nitrogen functional groups attached to an aromatic ring is 1. The predicted molar refractivity (Wildman–Crippen MR) is 178 cm³/mol. The number of hydrogen-bond acceptors (Lipinski definition) is 8. The smallest absolute Gasteiger partial charge is 0.411 e. The lowest BCUT2D eigenvalue weighted by Crippen LogP contribution is -2.48. The van der Waals surface area contributed by atoms with Gasteiger partial charge in [0.15, 0.2) is 5.65 Å². The molecule has 0 radical (unpaired) electrons. The maximum atomic E-state index is 12.6. The highest BCUT2D eigenvalue weighted by molar-refractivity contribution is 5.86. The van der Waals surface area contributed by atoms with E-state index in [1.165, 1.54) is 0 Å². The maximum Gasteiger partial charge on any atom is 0.411 e. The minimum atomic E-state index is -0.486. The molecule has 11 heteroatoms. The summed E-state index contributed by atoms with van der Waals surface area (Å²) in [5, 5.41) is 7.27. The van der Waals surface area contributed by atoms with Crippen LogP contribution in [0.5, 0.6) is 0 Å². The van der Waals surface area contributed by atoms with Crippen molar-refractivity contribution in [2.45, 2.75) is 20.5 Å². The zero-order chi connectivity index (χ0) is 32.0. The third kappa shape index (κ3) is 6.88. The number of anilines is 3.